The largest absolute Gasteiger partial charge is 0.339 e. The van der Waals surface area contributed by atoms with Gasteiger partial charge in [-0.1, -0.05) is 20.3 Å². The summed E-state index contributed by atoms with van der Waals surface area (Å²) in [5.41, 5.74) is 0. The van der Waals surface area contributed by atoms with Gasteiger partial charge in [0.25, 0.3) is 10.0 Å². The fraction of sp³-hybridized carbons (Fsp3) is 0.684. The molecule has 0 atom stereocenters. The fourth-order valence-electron chi connectivity index (χ4n) is 3.63. The van der Waals surface area contributed by atoms with Crippen LogP contribution in [-0.2, 0) is 26.0 Å². The van der Waals surface area contributed by atoms with Crippen LogP contribution in [-0.4, -0.2) is 73.6 Å². The number of piperazine rings is 1. The minimum atomic E-state index is -3.44. The highest BCUT2D eigenvalue weighted by atomic mass is 32.2. The quantitative estimate of drug-likeness (QED) is 0.718. The van der Waals surface area contributed by atoms with Crippen LogP contribution in [0.2, 0.25) is 0 Å². The molecule has 1 aromatic rings. The van der Waals surface area contributed by atoms with E-state index in [2.05, 4.69) is 0 Å². The molecular weight excluding hydrogens is 398 g/mol. The van der Waals surface area contributed by atoms with E-state index < -0.39 is 10.0 Å². The van der Waals surface area contributed by atoms with Crippen molar-refractivity contribution in [2.75, 3.05) is 39.3 Å². The number of piperidine rings is 1. The number of thiophene rings is 1. The molecule has 0 aromatic carbocycles. The Bertz CT molecular complexity index is 805. The van der Waals surface area contributed by atoms with Crippen LogP contribution >= 0.6 is 11.3 Å². The molecule has 0 saturated carbocycles. The van der Waals surface area contributed by atoms with E-state index in [1.165, 1.54) is 11.3 Å². The Morgan fingerprint density at radius 1 is 0.964 bits per heavy atom. The lowest BCUT2D eigenvalue weighted by molar-refractivity contribution is -0.141. The zero-order valence-electron chi connectivity index (χ0n) is 16.6. The molecule has 2 aliphatic rings. The molecule has 3 heterocycles. The van der Waals surface area contributed by atoms with Gasteiger partial charge in [0, 0.05) is 50.1 Å². The number of carbonyl (C=O) groups excluding carboxylic acids is 2. The molecule has 0 N–H and O–H groups in total. The molecule has 2 fully saturated rings. The summed E-state index contributed by atoms with van der Waals surface area (Å²) in [6.45, 7) is 7.09. The number of nitrogens with zero attached hydrogens (tertiary/aromatic N) is 3. The van der Waals surface area contributed by atoms with Gasteiger partial charge in [-0.2, -0.15) is 4.31 Å². The Labute approximate surface area is 171 Å². The van der Waals surface area contributed by atoms with E-state index in [1.807, 2.05) is 18.7 Å². The van der Waals surface area contributed by atoms with Crippen molar-refractivity contribution in [2.24, 2.45) is 5.92 Å². The van der Waals surface area contributed by atoms with Crippen LogP contribution in [0.5, 0.6) is 0 Å². The van der Waals surface area contributed by atoms with Crippen molar-refractivity contribution in [3.8, 4) is 0 Å². The third-order valence-corrected chi connectivity index (χ3v) is 8.76. The summed E-state index contributed by atoms with van der Waals surface area (Å²) >= 11 is 1.19. The van der Waals surface area contributed by atoms with E-state index in [9.17, 15) is 18.0 Å². The molecule has 7 nitrogen and oxygen atoms in total. The molecule has 1 aromatic heterocycles. The lowest BCUT2D eigenvalue weighted by Crippen LogP contribution is -2.51. The maximum Gasteiger partial charge on any atom is 0.252 e. The molecule has 0 aliphatic carbocycles. The predicted molar refractivity (Wildman–Crippen MR) is 109 cm³/mol. The first-order valence-electron chi connectivity index (χ1n) is 9.94. The zero-order chi connectivity index (χ0) is 20.3. The number of sulfonamides is 1. The van der Waals surface area contributed by atoms with Gasteiger partial charge >= 0.3 is 0 Å². The minimum absolute atomic E-state index is 0.0135. The summed E-state index contributed by atoms with van der Waals surface area (Å²) in [6, 6.07) is 3.37. The molecule has 2 aliphatic heterocycles. The molecule has 2 saturated heterocycles. The predicted octanol–water partition coefficient (Wildman–Crippen LogP) is 1.79. The molecule has 0 unspecified atom stereocenters. The Kier molecular flexibility index (Phi) is 6.77. The number of hydrogen-bond acceptors (Lipinski definition) is 5. The topological polar surface area (TPSA) is 78.0 Å². The zero-order valence-corrected chi connectivity index (χ0v) is 18.2. The maximum atomic E-state index is 12.7. The number of amides is 2. The summed E-state index contributed by atoms with van der Waals surface area (Å²) in [4.78, 5) is 29.0. The van der Waals surface area contributed by atoms with E-state index >= 15 is 0 Å². The van der Waals surface area contributed by atoms with Crippen LogP contribution in [0.25, 0.3) is 0 Å². The second-order valence-electron chi connectivity index (χ2n) is 7.72. The highest BCUT2D eigenvalue weighted by molar-refractivity contribution is 7.91. The molecular formula is C19H29N3O4S2. The van der Waals surface area contributed by atoms with Crippen molar-refractivity contribution >= 4 is 33.2 Å². The van der Waals surface area contributed by atoms with Crippen molar-refractivity contribution in [1.82, 2.24) is 14.1 Å². The SMILES string of the molecule is CC(C)C(=O)N1CCN(C(=O)Cc2ccc(S(=O)(=O)N3CCCCC3)s2)CC1. The monoisotopic (exact) mass is 427 g/mol. The lowest BCUT2D eigenvalue weighted by Gasteiger charge is -2.35. The second kappa shape index (κ2) is 8.92. The van der Waals surface area contributed by atoms with E-state index in [0.29, 0.717) is 43.5 Å². The molecule has 156 valence electrons. The minimum Gasteiger partial charge on any atom is -0.339 e. The lowest BCUT2D eigenvalue weighted by atomic mass is 10.1. The van der Waals surface area contributed by atoms with Crippen LogP contribution < -0.4 is 0 Å². The van der Waals surface area contributed by atoms with Gasteiger partial charge in [-0.05, 0) is 25.0 Å². The smallest absolute Gasteiger partial charge is 0.252 e. The Morgan fingerprint density at radius 2 is 1.57 bits per heavy atom. The molecule has 28 heavy (non-hydrogen) atoms. The summed E-state index contributed by atoms with van der Waals surface area (Å²) in [7, 11) is -3.44. The number of hydrogen-bond donors (Lipinski definition) is 0. The Morgan fingerprint density at radius 3 is 2.18 bits per heavy atom. The van der Waals surface area contributed by atoms with E-state index in [0.717, 1.165) is 24.1 Å². The van der Waals surface area contributed by atoms with Gasteiger partial charge in [-0.25, -0.2) is 8.42 Å². The van der Waals surface area contributed by atoms with Gasteiger partial charge in [0.1, 0.15) is 4.21 Å². The number of carbonyl (C=O) groups is 2. The van der Waals surface area contributed by atoms with E-state index in [1.54, 1.807) is 21.3 Å². The molecule has 2 amide bonds. The van der Waals surface area contributed by atoms with Gasteiger partial charge in [-0.3, -0.25) is 9.59 Å². The third-order valence-electron chi connectivity index (χ3n) is 5.31. The van der Waals surface area contributed by atoms with Crippen molar-refractivity contribution in [1.29, 1.82) is 0 Å². The van der Waals surface area contributed by atoms with E-state index in [-0.39, 0.29) is 24.2 Å². The van der Waals surface area contributed by atoms with Gasteiger partial charge in [0.15, 0.2) is 0 Å². The van der Waals surface area contributed by atoms with Crippen LogP contribution in [0.1, 0.15) is 38.0 Å². The molecule has 0 bridgehead atoms. The Balaban J connectivity index is 1.56. The van der Waals surface area contributed by atoms with Gasteiger partial charge < -0.3 is 9.80 Å². The van der Waals surface area contributed by atoms with Gasteiger partial charge in [0.05, 0.1) is 6.42 Å². The van der Waals surface area contributed by atoms with Crippen LogP contribution in [0.15, 0.2) is 16.3 Å². The van der Waals surface area contributed by atoms with Crippen molar-refractivity contribution < 1.29 is 18.0 Å². The van der Waals surface area contributed by atoms with Gasteiger partial charge in [-0.15, -0.1) is 11.3 Å². The Hall–Kier alpha value is -1.45. The molecule has 0 radical (unpaired) electrons. The second-order valence-corrected chi connectivity index (χ2v) is 11.1. The van der Waals surface area contributed by atoms with Crippen molar-refractivity contribution in [3.05, 3.63) is 17.0 Å². The first-order valence-corrected chi connectivity index (χ1v) is 12.2. The average molecular weight is 428 g/mol. The first-order chi connectivity index (χ1) is 13.3. The summed E-state index contributed by atoms with van der Waals surface area (Å²) in [5, 5.41) is 0. The van der Waals surface area contributed by atoms with Gasteiger partial charge in [0.2, 0.25) is 11.8 Å². The maximum absolute atomic E-state index is 12.7. The van der Waals surface area contributed by atoms with Crippen LogP contribution in [0.3, 0.4) is 0 Å². The van der Waals surface area contributed by atoms with Crippen LogP contribution in [0.4, 0.5) is 0 Å². The molecule has 3 rings (SSSR count). The first kappa shape index (κ1) is 21.3. The summed E-state index contributed by atoms with van der Waals surface area (Å²) in [5.74, 6) is 0.0759. The van der Waals surface area contributed by atoms with Crippen LogP contribution in [0, 0.1) is 5.92 Å². The molecule has 0 spiro atoms. The third kappa shape index (κ3) is 4.75. The average Bonchev–Trinajstić information content (AvgIpc) is 3.17. The standard InChI is InChI=1S/C19H29N3O4S2/c1-15(2)19(24)21-12-10-20(11-13-21)17(23)14-16-6-7-18(27-16)28(25,26)22-8-4-3-5-9-22/h6-7,15H,3-5,8-14H2,1-2H3. The highest BCUT2D eigenvalue weighted by Crippen LogP contribution is 2.27. The number of rotatable bonds is 5. The normalized spacial score (nSPS) is 19.2. The van der Waals surface area contributed by atoms with Crippen molar-refractivity contribution in [3.63, 3.8) is 0 Å². The highest BCUT2D eigenvalue weighted by Gasteiger charge is 2.29. The summed E-state index contributed by atoms with van der Waals surface area (Å²) in [6.07, 6.45) is 3.09. The fourth-order valence-corrected chi connectivity index (χ4v) is 6.64. The molecule has 9 heteroatoms. The van der Waals surface area contributed by atoms with E-state index in [4.69, 9.17) is 0 Å². The summed E-state index contributed by atoms with van der Waals surface area (Å²) < 4.78 is 27.4. The van der Waals surface area contributed by atoms with Crippen molar-refractivity contribution in [2.45, 2.75) is 43.7 Å².